The summed E-state index contributed by atoms with van der Waals surface area (Å²) < 4.78 is 75.9. The number of hydrogen-bond donors (Lipinski definition) is 0. The van der Waals surface area contributed by atoms with E-state index in [0.717, 1.165) is 23.8 Å². The lowest BCUT2D eigenvalue weighted by molar-refractivity contribution is -0.274. The standard InChI is InChI=1S/C16H12BrF3O5S/c17-12-8-11(2-4-13(12)25-16(18,19)20)26(21,22)6-5-10-1-3-14-15(7-10)24-9-23-14/h1-4,7-8H,5-6,9H2. The van der Waals surface area contributed by atoms with Crippen molar-refractivity contribution in [2.45, 2.75) is 17.7 Å². The lowest BCUT2D eigenvalue weighted by Gasteiger charge is -2.12. The Balaban J connectivity index is 1.73. The van der Waals surface area contributed by atoms with E-state index in [1.807, 2.05) is 0 Å². The van der Waals surface area contributed by atoms with Crippen LogP contribution in [0.3, 0.4) is 0 Å². The van der Waals surface area contributed by atoms with E-state index >= 15 is 0 Å². The van der Waals surface area contributed by atoms with Crippen LogP contribution in [0.4, 0.5) is 13.2 Å². The third-order valence-electron chi connectivity index (χ3n) is 3.58. The molecule has 0 amide bonds. The van der Waals surface area contributed by atoms with Crippen molar-refractivity contribution in [2.24, 2.45) is 0 Å². The topological polar surface area (TPSA) is 61.8 Å². The van der Waals surface area contributed by atoms with Gasteiger partial charge in [-0.15, -0.1) is 13.2 Å². The van der Waals surface area contributed by atoms with Gasteiger partial charge in [0.2, 0.25) is 6.79 Å². The van der Waals surface area contributed by atoms with Gasteiger partial charge in [-0.1, -0.05) is 6.07 Å². The minimum atomic E-state index is -4.86. The number of rotatable bonds is 5. The van der Waals surface area contributed by atoms with Crippen molar-refractivity contribution in [3.8, 4) is 17.2 Å². The van der Waals surface area contributed by atoms with Gasteiger partial charge in [0.25, 0.3) is 0 Å². The monoisotopic (exact) mass is 452 g/mol. The summed E-state index contributed by atoms with van der Waals surface area (Å²) in [5, 5.41) is 0. The maximum Gasteiger partial charge on any atom is 0.573 e. The zero-order chi connectivity index (χ0) is 18.9. The highest BCUT2D eigenvalue weighted by molar-refractivity contribution is 9.10. The van der Waals surface area contributed by atoms with E-state index in [-0.39, 0.29) is 28.3 Å². The largest absolute Gasteiger partial charge is 0.573 e. The van der Waals surface area contributed by atoms with Crippen LogP contribution in [-0.4, -0.2) is 27.3 Å². The SMILES string of the molecule is O=S(=O)(CCc1ccc2c(c1)OCO2)c1ccc(OC(F)(F)F)c(Br)c1. The molecule has 0 aliphatic carbocycles. The van der Waals surface area contributed by atoms with Crippen LogP contribution < -0.4 is 14.2 Å². The van der Waals surface area contributed by atoms with Crippen LogP contribution in [0.2, 0.25) is 0 Å². The van der Waals surface area contributed by atoms with Gasteiger partial charge in [-0.2, -0.15) is 0 Å². The molecular weight excluding hydrogens is 441 g/mol. The molecule has 26 heavy (non-hydrogen) atoms. The van der Waals surface area contributed by atoms with Crippen molar-refractivity contribution < 1.29 is 35.8 Å². The number of hydrogen-bond acceptors (Lipinski definition) is 5. The fourth-order valence-corrected chi connectivity index (χ4v) is 4.27. The zero-order valence-corrected chi connectivity index (χ0v) is 15.4. The summed E-state index contributed by atoms with van der Waals surface area (Å²) in [5.41, 5.74) is 0.744. The molecule has 2 aromatic rings. The molecule has 5 nitrogen and oxygen atoms in total. The van der Waals surface area contributed by atoms with E-state index in [1.165, 1.54) is 0 Å². The van der Waals surface area contributed by atoms with Crippen LogP contribution in [0, 0.1) is 0 Å². The predicted octanol–water partition coefficient (Wildman–Crippen LogP) is 4.09. The van der Waals surface area contributed by atoms with Crippen LogP contribution in [0.1, 0.15) is 5.56 Å². The summed E-state index contributed by atoms with van der Waals surface area (Å²) >= 11 is 2.90. The zero-order valence-electron chi connectivity index (χ0n) is 13.0. The third kappa shape index (κ3) is 4.42. The van der Waals surface area contributed by atoms with E-state index in [9.17, 15) is 21.6 Å². The van der Waals surface area contributed by atoms with Gasteiger partial charge in [-0.25, -0.2) is 8.42 Å². The number of ether oxygens (including phenoxy) is 3. The molecule has 1 aliphatic heterocycles. The van der Waals surface area contributed by atoms with E-state index in [2.05, 4.69) is 20.7 Å². The van der Waals surface area contributed by atoms with Crippen molar-refractivity contribution in [1.29, 1.82) is 0 Å². The second-order valence-corrected chi connectivity index (χ2v) is 8.36. The Labute approximate surface area is 155 Å². The Morgan fingerprint density at radius 1 is 1.08 bits per heavy atom. The maximum atomic E-state index is 12.4. The molecule has 0 aromatic heterocycles. The Hall–Kier alpha value is -1.94. The van der Waals surface area contributed by atoms with Gasteiger partial charge in [0.05, 0.1) is 15.1 Å². The molecule has 0 saturated carbocycles. The van der Waals surface area contributed by atoms with E-state index < -0.39 is 21.9 Å². The van der Waals surface area contributed by atoms with Crippen LogP contribution in [0.15, 0.2) is 45.8 Å². The normalized spacial score (nSPS) is 13.7. The van der Waals surface area contributed by atoms with Crippen LogP contribution in [0.5, 0.6) is 17.2 Å². The van der Waals surface area contributed by atoms with Crippen molar-refractivity contribution in [1.82, 2.24) is 0 Å². The number of fused-ring (bicyclic) bond motifs is 1. The van der Waals surface area contributed by atoms with Crippen LogP contribution in [0.25, 0.3) is 0 Å². The van der Waals surface area contributed by atoms with E-state index in [4.69, 9.17) is 9.47 Å². The Bertz CT molecular complexity index is 928. The molecule has 0 spiro atoms. The maximum absolute atomic E-state index is 12.4. The number of sulfone groups is 1. The van der Waals surface area contributed by atoms with Gasteiger partial charge >= 0.3 is 6.36 Å². The molecule has 0 saturated heterocycles. The van der Waals surface area contributed by atoms with Gasteiger partial charge in [-0.05, 0) is 58.2 Å². The number of benzene rings is 2. The lowest BCUT2D eigenvalue weighted by atomic mass is 10.1. The molecule has 1 heterocycles. The number of aryl methyl sites for hydroxylation is 1. The Kier molecular flexibility index (Phi) is 5.07. The number of halogens is 4. The van der Waals surface area contributed by atoms with E-state index in [0.29, 0.717) is 11.5 Å². The molecule has 0 N–H and O–H groups in total. The molecule has 2 aromatic carbocycles. The first kappa shape index (κ1) is 18.8. The van der Waals surface area contributed by atoms with Gasteiger partial charge in [-0.3, -0.25) is 0 Å². The van der Waals surface area contributed by atoms with Gasteiger partial charge in [0.15, 0.2) is 21.3 Å². The highest BCUT2D eigenvalue weighted by Gasteiger charge is 2.32. The van der Waals surface area contributed by atoms with Crippen molar-refractivity contribution in [2.75, 3.05) is 12.5 Å². The van der Waals surface area contributed by atoms with Gasteiger partial charge in [0, 0.05) is 0 Å². The molecule has 0 unspecified atom stereocenters. The number of alkyl halides is 3. The van der Waals surface area contributed by atoms with Gasteiger partial charge in [0.1, 0.15) is 5.75 Å². The van der Waals surface area contributed by atoms with Gasteiger partial charge < -0.3 is 14.2 Å². The average molecular weight is 453 g/mol. The predicted molar refractivity (Wildman–Crippen MR) is 89.1 cm³/mol. The molecule has 0 bridgehead atoms. The highest BCUT2D eigenvalue weighted by Crippen LogP contribution is 2.34. The van der Waals surface area contributed by atoms with Crippen molar-refractivity contribution in [3.63, 3.8) is 0 Å². The molecule has 3 rings (SSSR count). The first-order valence-electron chi connectivity index (χ1n) is 7.31. The first-order chi connectivity index (χ1) is 12.1. The second kappa shape index (κ2) is 6.99. The summed E-state index contributed by atoms with van der Waals surface area (Å²) in [4.78, 5) is -0.0976. The summed E-state index contributed by atoms with van der Waals surface area (Å²) in [6.45, 7) is 0.122. The average Bonchev–Trinajstić information content (AvgIpc) is 3.01. The fraction of sp³-hybridized carbons (Fsp3) is 0.250. The Morgan fingerprint density at radius 2 is 1.81 bits per heavy atom. The molecule has 1 aliphatic rings. The van der Waals surface area contributed by atoms with Crippen LogP contribution in [-0.2, 0) is 16.3 Å². The summed E-state index contributed by atoms with van der Waals surface area (Å²) in [6.07, 6.45) is -4.64. The molecular formula is C16H12BrF3O5S. The first-order valence-corrected chi connectivity index (χ1v) is 9.75. The molecule has 140 valence electrons. The fourth-order valence-electron chi connectivity index (χ4n) is 2.35. The highest BCUT2D eigenvalue weighted by atomic mass is 79.9. The third-order valence-corrected chi connectivity index (χ3v) is 5.92. The minimum Gasteiger partial charge on any atom is -0.454 e. The summed E-state index contributed by atoms with van der Waals surface area (Å²) in [5.74, 6) is 0.433. The van der Waals surface area contributed by atoms with Crippen molar-refractivity contribution in [3.05, 3.63) is 46.4 Å². The molecule has 0 radical (unpaired) electrons. The minimum absolute atomic E-state index is 0.0976. The Morgan fingerprint density at radius 3 is 2.50 bits per heavy atom. The molecule has 0 fully saturated rings. The summed E-state index contributed by atoms with van der Waals surface area (Å²) in [7, 11) is -3.69. The van der Waals surface area contributed by atoms with E-state index in [1.54, 1.807) is 18.2 Å². The molecule has 0 atom stereocenters. The quantitative estimate of drug-likeness (QED) is 0.683. The second-order valence-electron chi connectivity index (χ2n) is 5.40. The lowest BCUT2D eigenvalue weighted by Crippen LogP contribution is -2.17. The smallest absolute Gasteiger partial charge is 0.454 e. The summed E-state index contributed by atoms with van der Waals surface area (Å²) in [6, 6.07) is 8.28. The van der Waals surface area contributed by atoms with Crippen molar-refractivity contribution >= 4 is 25.8 Å². The van der Waals surface area contributed by atoms with Crippen LogP contribution >= 0.6 is 15.9 Å². The molecule has 10 heteroatoms.